The maximum absolute atomic E-state index is 15.1. The van der Waals surface area contributed by atoms with Gasteiger partial charge in [-0.3, -0.25) is 4.90 Å². The van der Waals surface area contributed by atoms with Gasteiger partial charge in [-0.15, -0.1) is 0 Å². The Balaban J connectivity index is 1.64. The summed E-state index contributed by atoms with van der Waals surface area (Å²) in [6.45, 7) is 7.26. The van der Waals surface area contributed by atoms with Gasteiger partial charge in [0.2, 0.25) is 0 Å². The standard InChI is InChI=1S/C29H36FN5O/c1-3-20-10-7-11-21(4-2)27(20)35-28(22-12-13-26(24(30)16-22)32-29(31)36)23-18-34(15-14-25(23)33-35)17-19-8-5-6-9-19/h7,10-13,16,19H,3-6,8-9,14-15,17-18H2,1-2H3,(H3,31,32,36). The van der Waals surface area contributed by atoms with Crippen molar-refractivity contribution in [1.29, 1.82) is 0 Å². The van der Waals surface area contributed by atoms with E-state index in [-0.39, 0.29) is 5.69 Å². The fourth-order valence-corrected chi connectivity index (χ4v) is 5.99. The second kappa shape index (κ2) is 10.4. The van der Waals surface area contributed by atoms with Gasteiger partial charge < -0.3 is 11.1 Å². The molecule has 2 heterocycles. The van der Waals surface area contributed by atoms with E-state index in [0.29, 0.717) is 0 Å². The number of aryl methyl sites for hydroxylation is 2. The van der Waals surface area contributed by atoms with Gasteiger partial charge >= 0.3 is 6.03 Å². The van der Waals surface area contributed by atoms with Crippen LogP contribution in [-0.2, 0) is 25.8 Å². The molecule has 0 atom stereocenters. The summed E-state index contributed by atoms with van der Waals surface area (Å²) in [7, 11) is 0. The molecule has 0 saturated heterocycles. The van der Waals surface area contributed by atoms with Crippen LogP contribution in [0.5, 0.6) is 0 Å². The lowest BCUT2D eigenvalue weighted by atomic mass is 9.98. The Labute approximate surface area is 212 Å². The first-order valence-corrected chi connectivity index (χ1v) is 13.3. The molecule has 0 bridgehead atoms. The number of hydrogen-bond donors (Lipinski definition) is 2. The minimum atomic E-state index is -0.781. The fraction of sp³-hybridized carbons (Fsp3) is 0.448. The summed E-state index contributed by atoms with van der Waals surface area (Å²) in [6, 6.07) is 10.6. The Hall–Kier alpha value is -3.19. The lowest BCUT2D eigenvalue weighted by molar-refractivity contribution is 0.214. The van der Waals surface area contributed by atoms with E-state index in [1.165, 1.54) is 48.4 Å². The summed E-state index contributed by atoms with van der Waals surface area (Å²) < 4.78 is 17.2. The molecule has 2 aromatic carbocycles. The van der Waals surface area contributed by atoms with Gasteiger partial charge in [0, 0.05) is 37.2 Å². The first-order chi connectivity index (χ1) is 17.5. The van der Waals surface area contributed by atoms with Crippen molar-refractivity contribution in [3.63, 3.8) is 0 Å². The molecule has 1 aliphatic heterocycles. The second-order valence-corrected chi connectivity index (χ2v) is 10.1. The van der Waals surface area contributed by atoms with Gasteiger partial charge in [0.1, 0.15) is 5.82 Å². The zero-order valence-corrected chi connectivity index (χ0v) is 21.3. The Morgan fingerprint density at radius 3 is 2.50 bits per heavy atom. The number of hydrogen-bond acceptors (Lipinski definition) is 3. The lowest BCUT2D eigenvalue weighted by Gasteiger charge is -2.29. The number of amides is 2. The average Bonchev–Trinajstić information content (AvgIpc) is 3.52. The Morgan fingerprint density at radius 1 is 1.14 bits per heavy atom. The first-order valence-electron chi connectivity index (χ1n) is 13.3. The van der Waals surface area contributed by atoms with Crippen molar-refractivity contribution in [2.45, 2.75) is 65.3 Å². The van der Waals surface area contributed by atoms with Crippen molar-refractivity contribution in [3.8, 4) is 16.9 Å². The van der Waals surface area contributed by atoms with E-state index in [1.54, 1.807) is 6.07 Å². The molecular weight excluding hydrogens is 453 g/mol. The van der Waals surface area contributed by atoms with Crippen LogP contribution in [0.4, 0.5) is 14.9 Å². The number of rotatable bonds is 7. The van der Waals surface area contributed by atoms with Gasteiger partial charge in [0.15, 0.2) is 0 Å². The Kier molecular flexibility index (Phi) is 7.10. The molecule has 7 heteroatoms. The molecule has 0 spiro atoms. The molecule has 190 valence electrons. The summed E-state index contributed by atoms with van der Waals surface area (Å²) >= 11 is 0. The molecule has 1 aliphatic carbocycles. The van der Waals surface area contributed by atoms with E-state index in [4.69, 9.17) is 10.8 Å². The van der Waals surface area contributed by atoms with Gasteiger partial charge in [-0.2, -0.15) is 5.10 Å². The molecule has 6 nitrogen and oxygen atoms in total. The fourth-order valence-electron chi connectivity index (χ4n) is 5.99. The molecule has 1 fully saturated rings. The number of carbonyl (C=O) groups excluding carboxylic acids is 1. The molecule has 2 amide bonds. The lowest BCUT2D eigenvalue weighted by Crippen LogP contribution is -2.34. The van der Waals surface area contributed by atoms with E-state index in [2.05, 4.69) is 46.9 Å². The van der Waals surface area contributed by atoms with Crippen molar-refractivity contribution >= 4 is 11.7 Å². The third kappa shape index (κ3) is 4.76. The number of fused-ring (bicyclic) bond motifs is 1. The van der Waals surface area contributed by atoms with E-state index < -0.39 is 11.8 Å². The van der Waals surface area contributed by atoms with Gasteiger partial charge in [-0.25, -0.2) is 13.9 Å². The maximum Gasteiger partial charge on any atom is 0.316 e. The predicted molar refractivity (Wildman–Crippen MR) is 142 cm³/mol. The van der Waals surface area contributed by atoms with Crippen LogP contribution in [0, 0.1) is 11.7 Å². The topological polar surface area (TPSA) is 76.2 Å². The van der Waals surface area contributed by atoms with E-state index in [9.17, 15) is 4.79 Å². The van der Waals surface area contributed by atoms with Crippen molar-refractivity contribution < 1.29 is 9.18 Å². The van der Waals surface area contributed by atoms with E-state index >= 15 is 4.39 Å². The van der Waals surface area contributed by atoms with Gasteiger partial charge in [-0.05, 0) is 54.9 Å². The van der Waals surface area contributed by atoms with Crippen LogP contribution in [0.15, 0.2) is 36.4 Å². The number of halogens is 1. The number of primary amides is 1. The molecular formula is C29H36FN5O. The number of nitrogens with one attached hydrogen (secondary N) is 1. The molecule has 3 N–H and O–H groups in total. The number of para-hydroxylation sites is 1. The molecule has 1 aromatic heterocycles. The number of carbonyl (C=O) groups is 1. The number of aromatic nitrogens is 2. The van der Waals surface area contributed by atoms with Crippen LogP contribution in [0.2, 0.25) is 0 Å². The molecule has 2 aliphatic rings. The highest BCUT2D eigenvalue weighted by molar-refractivity contribution is 5.88. The minimum Gasteiger partial charge on any atom is -0.351 e. The minimum absolute atomic E-state index is 0.0808. The van der Waals surface area contributed by atoms with E-state index in [0.717, 1.165) is 67.5 Å². The van der Waals surface area contributed by atoms with Crippen molar-refractivity contribution in [1.82, 2.24) is 14.7 Å². The molecule has 3 aromatic rings. The number of benzene rings is 2. The Bertz CT molecular complexity index is 1240. The zero-order chi connectivity index (χ0) is 25.2. The normalized spacial score (nSPS) is 16.3. The largest absolute Gasteiger partial charge is 0.351 e. The smallest absolute Gasteiger partial charge is 0.316 e. The van der Waals surface area contributed by atoms with Crippen LogP contribution in [0.25, 0.3) is 16.9 Å². The molecule has 0 unspecified atom stereocenters. The summed E-state index contributed by atoms with van der Waals surface area (Å²) in [5.74, 6) is 0.264. The third-order valence-corrected chi connectivity index (χ3v) is 7.78. The highest BCUT2D eigenvalue weighted by Crippen LogP contribution is 2.37. The van der Waals surface area contributed by atoms with E-state index in [1.807, 2.05) is 6.07 Å². The van der Waals surface area contributed by atoms with Gasteiger partial charge in [0.05, 0.1) is 22.8 Å². The van der Waals surface area contributed by atoms with Crippen LogP contribution in [0.3, 0.4) is 0 Å². The second-order valence-electron chi connectivity index (χ2n) is 10.1. The molecule has 1 saturated carbocycles. The van der Waals surface area contributed by atoms with Crippen LogP contribution in [-0.4, -0.2) is 33.8 Å². The highest BCUT2D eigenvalue weighted by Gasteiger charge is 2.29. The quantitative estimate of drug-likeness (QED) is 0.438. The predicted octanol–water partition coefficient (Wildman–Crippen LogP) is 5.84. The molecule has 36 heavy (non-hydrogen) atoms. The van der Waals surface area contributed by atoms with Crippen LogP contribution in [0.1, 0.15) is 61.9 Å². The van der Waals surface area contributed by atoms with Gasteiger partial charge in [-0.1, -0.05) is 51.0 Å². The van der Waals surface area contributed by atoms with Crippen molar-refractivity contribution in [2.75, 3.05) is 18.4 Å². The van der Waals surface area contributed by atoms with Crippen molar-refractivity contribution in [2.24, 2.45) is 11.7 Å². The summed E-state index contributed by atoms with van der Waals surface area (Å²) in [6.07, 6.45) is 7.98. The number of anilines is 1. The monoisotopic (exact) mass is 489 g/mol. The highest BCUT2D eigenvalue weighted by atomic mass is 19.1. The zero-order valence-electron chi connectivity index (χ0n) is 21.3. The summed E-state index contributed by atoms with van der Waals surface area (Å²) in [5.41, 5.74) is 12.9. The first kappa shape index (κ1) is 24.5. The number of nitrogens with two attached hydrogens (primary N) is 1. The third-order valence-electron chi connectivity index (χ3n) is 7.78. The number of urea groups is 1. The number of nitrogens with zero attached hydrogens (tertiary/aromatic N) is 3. The summed E-state index contributed by atoms with van der Waals surface area (Å²) in [5, 5.41) is 7.53. The van der Waals surface area contributed by atoms with Crippen molar-refractivity contribution in [3.05, 3.63) is 64.6 Å². The Morgan fingerprint density at radius 2 is 1.86 bits per heavy atom. The van der Waals surface area contributed by atoms with Crippen LogP contribution >= 0.6 is 0 Å². The maximum atomic E-state index is 15.1. The summed E-state index contributed by atoms with van der Waals surface area (Å²) in [4.78, 5) is 13.9. The molecule has 0 radical (unpaired) electrons. The van der Waals surface area contributed by atoms with Gasteiger partial charge in [0.25, 0.3) is 0 Å². The van der Waals surface area contributed by atoms with Crippen LogP contribution < -0.4 is 11.1 Å². The average molecular weight is 490 g/mol. The molecule has 5 rings (SSSR count). The SMILES string of the molecule is CCc1cccc(CC)c1-n1nc2c(c1-c1ccc(NC(N)=O)c(F)c1)CN(CC1CCCC1)CC2.